The van der Waals surface area contributed by atoms with Crippen LogP contribution in [0, 0.1) is 6.92 Å². The van der Waals surface area contributed by atoms with E-state index < -0.39 is 5.97 Å². The molecule has 5 rings (SSSR count). The van der Waals surface area contributed by atoms with E-state index in [1.165, 1.54) is 0 Å². The van der Waals surface area contributed by atoms with Crippen LogP contribution < -0.4 is 9.64 Å². The van der Waals surface area contributed by atoms with E-state index in [0.29, 0.717) is 44.0 Å². The summed E-state index contributed by atoms with van der Waals surface area (Å²) < 4.78 is 7.77. The van der Waals surface area contributed by atoms with Gasteiger partial charge in [-0.1, -0.05) is 54.1 Å². The standard InChI is InChI=1S/C35H36ClN3O5S/c1-24-30(36)11-5-13-32(24)44-17-6-14-33(41)39-16-18-45-35-29(10-4-12-31(35)39)27-21-37-38(23-27)22-26-8-2-7-25(19-26)20-28(40)9-3-15-34(42)43/h2,4-5,7-8,10-13,19,21,23H,3,6,9,14-18,20,22H2,1H3,(H,42,43). The zero-order valence-electron chi connectivity index (χ0n) is 25.2. The van der Waals surface area contributed by atoms with Crippen LogP contribution in [-0.4, -0.2) is 51.5 Å². The number of anilines is 1. The summed E-state index contributed by atoms with van der Waals surface area (Å²) in [5.41, 5.74) is 5.77. The number of hydrogen-bond acceptors (Lipinski definition) is 6. The zero-order valence-corrected chi connectivity index (χ0v) is 26.8. The van der Waals surface area contributed by atoms with Gasteiger partial charge in [-0.05, 0) is 49.1 Å². The predicted molar refractivity (Wildman–Crippen MR) is 177 cm³/mol. The Balaban J connectivity index is 1.20. The van der Waals surface area contributed by atoms with Crippen LogP contribution in [0.15, 0.2) is 78.0 Å². The van der Waals surface area contributed by atoms with E-state index in [-0.39, 0.29) is 31.0 Å². The maximum atomic E-state index is 13.3. The number of aliphatic carboxylic acids is 1. The fourth-order valence-electron chi connectivity index (χ4n) is 5.39. The quantitative estimate of drug-likeness (QED) is 0.144. The van der Waals surface area contributed by atoms with Crippen LogP contribution in [0.1, 0.15) is 48.8 Å². The average Bonchev–Trinajstić information content (AvgIpc) is 3.48. The molecule has 45 heavy (non-hydrogen) atoms. The molecule has 0 saturated heterocycles. The summed E-state index contributed by atoms with van der Waals surface area (Å²) in [4.78, 5) is 39.3. The minimum atomic E-state index is -0.883. The number of ketones is 1. The van der Waals surface area contributed by atoms with Crippen molar-refractivity contribution in [3.8, 4) is 16.9 Å². The molecule has 4 aromatic rings. The third-order valence-electron chi connectivity index (χ3n) is 7.69. The highest BCUT2D eigenvalue weighted by molar-refractivity contribution is 7.99. The number of thioether (sulfide) groups is 1. The van der Waals surface area contributed by atoms with Gasteiger partial charge in [0.2, 0.25) is 5.91 Å². The molecule has 0 saturated carbocycles. The van der Waals surface area contributed by atoms with Gasteiger partial charge in [0.05, 0.1) is 25.0 Å². The summed E-state index contributed by atoms with van der Waals surface area (Å²) in [7, 11) is 0. The Kier molecular flexibility index (Phi) is 11.0. The van der Waals surface area contributed by atoms with Crippen LogP contribution in [-0.2, 0) is 27.3 Å². The fraction of sp³-hybridized carbons (Fsp3) is 0.314. The highest BCUT2D eigenvalue weighted by Crippen LogP contribution is 2.42. The Morgan fingerprint density at radius 3 is 2.64 bits per heavy atom. The number of carboxylic acid groups (broad SMARTS) is 1. The van der Waals surface area contributed by atoms with Crippen molar-refractivity contribution in [3.63, 3.8) is 0 Å². The SMILES string of the molecule is Cc1c(Cl)cccc1OCCCC(=O)N1CCSc2c(-c3cnn(Cc4cccc(CC(=O)CCCC(=O)O)c4)c3)cccc21. The molecular formula is C35H36ClN3O5S. The van der Waals surface area contributed by atoms with Gasteiger partial charge in [0, 0.05) is 70.8 Å². The van der Waals surface area contributed by atoms with Gasteiger partial charge in [0.15, 0.2) is 0 Å². The molecule has 234 valence electrons. The number of halogens is 1. The normalized spacial score (nSPS) is 12.5. The predicted octanol–water partition coefficient (Wildman–Crippen LogP) is 7.22. The van der Waals surface area contributed by atoms with E-state index in [1.807, 2.05) is 83.5 Å². The lowest BCUT2D eigenvalue weighted by molar-refractivity contribution is -0.137. The van der Waals surface area contributed by atoms with E-state index >= 15 is 0 Å². The Morgan fingerprint density at radius 2 is 1.80 bits per heavy atom. The number of benzene rings is 3. The number of fused-ring (bicyclic) bond motifs is 1. The molecule has 0 radical (unpaired) electrons. The minimum Gasteiger partial charge on any atom is -0.493 e. The lowest BCUT2D eigenvalue weighted by atomic mass is 10.0. The van der Waals surface area contributed by atoms with E-state index in [0.717, 1.165) is 49.9 Å². The number of carboxylic acids is 1. The molecule has 0 unspecified atom stereocenters. The highest BCUT2D eigenvalue weighted by Gasteiger charge is 2.25. The summed E-state index contributed by atoms with van der Waals surface area (Å²) in [6, 6.07) is 19.5. The molecule has 2 heterocycles. The molecule has 1 aliphatic rings. The van der Waals surface area contributed by atoms with Crippen molar-refractivity contribution < 1.29 is 24.2 Å². The topological polar surface area (TPSA) is 102 Å². The zero-order chi connectivity index (χ0) is 31.8. The first-order valence-electron chi connectivity index (χ1n) is 15.1. The van der Waals surface area contributed by atoms with Crippen LogP contribution in [0.3, 0.4) is 0 Å². The summed E-state index contributed by atoms with van der Waals surface area (Å²) in [5.74, 6) is 0.786. The smallest absolute Gasteiger partial charge is 0.303 e. The minimum absolute atomic E-state index is 0.00559. The van der Waals surface area contributed by atoms with Crippen molar-refractivity contribution in [2.45, 2.75) is 56.9 Å². The Morgan fingerprint density at radius 1 is 1.00 bits per heavy atom. The second kappa shape index (κ2) is 15.3. The molecule has 0 atom stereocenters. The van der Waals surface area contributed by atoms with E-state index in [2.05, 4.69) is 11.2 Å². The molecule has 0 fully saturated rings. The maximum Gasteiger partial charge on any atom is 0.303 e. The van der Waals surface area contributed by atoms with E-state index in [4.69, 9.17) is 21.4 Å². The van der Waals surface area contributed by atoms with Crippen LogP contribution in [0.25, 0.3) is 11.1 Å². The first-order chi connectivity index (χ1) is 21.8. The monoisotopic (exact) mass is 645 g/mol. The van der Waals surface area contributed by atoms with Crippen molar-refractivity contribution in [2.24, 2.45) is 0 Å². The molecule has 0 aliphatic carbocycles. The Hall–Kier alpha value is -4.08. The van der Waals surface area contributed by atoms with Crippen molar-refractivity contribution in [1.29, 1.82) is 0 Å². The number of rotatable bonds is 14. The molecule has 1 aromatic heterocycles. The maximum absolute atomic E-state index is 13.3. The van der Waals surface area contributed by atoms with Crippen LogP contribution in [0.4, 0.5) is 5.69 Å². The number of carbonyl (C=O) groups excluding carboxylic acids is 2. The fourth-order valence-corrected chi connectivity index (χ4v) is 6.70. The number of nitrogens with zero attached hydrogens (tertiary/aromatic N) is 3. The number of Topliss-reactive ketones (excluding diaryl/α,β-unsaturated/α-hetero) is 1. The summed E-state index contributed by atoms with van der Waals surface area (Å²) in [6.45, 7) is 3.56. The van der Waals surface area contributed by atoms with Crippen LogP contribution in [0.2, 0.25) is 5.02 Å². The van der Waals surface area contributed by atoms with E-state index in [1.54, 1.807) is 11.8 Å². The third-order valence-corrected chi connectivity index (χ3v) is 9.20. The summed E-state index contributed by atoms with van der Waals surface area (Å²) in [5, 5.41) is 14.1. The summed E-state index contributed by atoms with van der Waals surface area (Å²) in [6.07, 6.45) is 5.77. The van der Waals surface area contributed by atoms with Crippen molar-refractivity contribution in [2.75, 3.05) is 23.8 Å². The second-order valence-electron chi connectivity index (χ2n) is 11.1. The number of carbonyl (C=O) groups is 3. The van der Waals surface area contributed by atoms with Crippen molar-refractivity contribution >= 4 is 46.7 Å². The number of hydrogen-bond donors (Lipinski definition) is 1. The lowest BCUT2D eigenvalue weighted by Gasteiger charge is -2.30. The molecule has 1 aliphatic heterocycles. The van der Waals surface area contributed by atoms with E-state index in [9.17, 15) is 14.4 Å². The molecule has 0 bridgehead atoms. The molecule has 8 nitrogen and oxygen atoms in total. The van der Waals surface area contributed by atoms with Gasteiger partial charge in [0.1, 0.15) is 11.5 Å². The van der Waals surface area contributed by atoms with Gasteiger partial charge in [0.25, 0.3) is 0 Å². The Labute approximate surface area is 272 Å². The largest absolute Gasteiger partial charge is 0.493 e. The number of ether oxygens (including phenoxy) is 1. The van der Waals surface area contributed by atoms with Gasteiger partial charge >= 0.3 is 5.97 Å². The highest BCUT2D eigenvalue weighted by atomic mass is 35.5. The number of amides is 1. The van der Waals surface area contributed by atoms with Crippen LogP contribution in [0.5, 0.6) is 5.75 Å². The molecule has 0 spiro atoms. The molecule has 1 N–H and O–H groups in total. The second-order valence-corrected chi connectivity index (χ2v) is 12.6. The average molecular weight is 646 g/mol. The number of aromatic nitrogens is 2. The van der Waals surface area contributed by atoms with Gasteiger partial charge in [-0.15, -0.1) is 11.8 Å². The molecule has 1 amide bonds. The molecular weight excluding hydrogens is 610 g/mol. The van der Waals surface area contributed by atoms with Gasteiger partial charge in [-0.2, -0.15) is 5.10 Å². The lowest BCUT2D eigenvalue weighted by Crippen LogP contribution is -2.35. The first kappa shape index (κ1) is 32.3. The van der Waals surface area contributed by atoms with Gasteiger partial charge in [-0.3, -0.25) is 19.1 Å². The van der Waals surface area contributed by atoms with Crippen molar-refractivity contribution in [3.05, 3.63) is 94.8 Å². The Bertz CT molecular complexity index is 1690. The van der Waals surface area contributed by atoms with Gasteiger partial charge in [-0.25, -0.2) is 0 Å². The van der Waals surface area contributed by atoms with Crippen molar-refractivity contribution in [1.82, 2.24) is 9.78 Å². The first-order valence-corrected chi connectivity index (χ1v) is 16.4. The third kappa shape index (κ3) is 8.55. The molecule has 3 aromatic carbocycles. The van der Waals surface area contributed by atoms with Crippen LogP contribution >= 0.6 is 23.4 Å². The molecule has 10 heteroatoms. The van der Waals surface area contributed by atoms with Gasteiger partial charge < -0.3 is 14.7 Å². The summed E-state index contributed by atoms with van der Waals surface area (Å²) >= 11 is 7.95.